The first-order chi connectivity index (χ1) is 21.9. The second-order valence-corrected chi connectivity index (χ2v) is 12.9. The fourth-order valence-electron chi connectivity index (χ4n) is 5.16. The Bertz CT molecular complexity index is 1800. The lowest BCUT2D eigenvalue weighted by molar-refractivity contribution is -0.138. The third-order valence-corrected chi connectivity index (χ3v) is 8.88. The summed E-state index contributed by atoms with van der Waals surface area (Å²) >= 11 is 1.40. The SMILES string of the molecule is CCOC(=O)C1=C(N)n2c(s/c(=C\c3ccc(C(C)C)cc3)c2=O)=C(C)C1c1ccc(C(C)C)cc1.COC.Cc1ccccc1. The van der Waals surface area contributed by atoms with E-state index in [9.17, 15) is 9.59 Å². The number of esters is 1. The van der Waals surface area contributed by atoms with Gasteiger partial charge in [0.15, 0.2) is 0 Å². The zero-order valence-corrected chi connectivity index (χ0v) is 29.4. The predicted octanol–water partition coefficient (Wildman–Crippen LogP) is 6.90. The van der Waals surface area contributed by atoms with Gasteiger partial charge in [-0.25, -0.2) is 4.79 Å². The number of ether oxygens (including phenoxy) is 2. The van der Waals surface area contributed by atoms with E-state index in [1.807, 2.05) is 55.5 Å². The number of carbonyl (C=O) groups excluding carboxylic acids is 1. The Hall–Kier alpha value is -4.20. The molecule has 4 aromatic rings. The van der Waals surface area contributed by atoms with E-state index >= 15 is 0 Å². The Balaban J connectivity index is 0.000000495. The van der Waals surface area contributed by atoms with E-state index in [2.05, 4.69) is 75.8 Å². The van der Waals surface area contributed by atoms with Crippen LogP contribution in [0.2, 0.25) is 0 Å². The molecule has 0 aliphatic carbocycles. The van der Waals surface area contributed by atoms with Crippen LogP contribution in [-0.4, -0.2) is 31.4 Å². The van der Waals surface area contributed by atoms with Crippen molar-refractivity contribution in [1.82, 2.24) is 4.57 Å². The summed E-state index contributed by atoms with van der Waals surface area (Å²) in [5.41, 5.74) is 13.2. The molecule has 1 aliphatic rings. The van der Waals surface area contributed by atoms with Crippen molar-refractivity contribution in [3.63, 3.8) is 0 Å². The number of benzene rings is 3. The van der Waals surface area contributed by atoms with Gasteiger partial charge in [-0.05, 0) is 66.5 Å². The van der Waals surface area contributed by atoms with Gasteiger partial charge in [-0.3, -0.25) is 9.36 Å². The molecule has 0 radical (unpaired) electrons. The van der Waals surface area contributed by atoms with Gasteiger partial charge in [0.05, 0.1) is 16.7 Å². The normalized spacial score (nSPS) is 14.4. The van der Waals surface area contributed by atoms with E-state index in [-0.39, 0.29) is 23.9 Å². The van der Waals surface area contributed by atoms with Gasteiger partial charge in [-0.2, -0.15) is 0 Å². The maximum Gasteiger partial charge on any atom is 0.338 e. The number of carbonyl (C=O) groups is 1. The fourth-order valence-corrected chi connectivity index (χ4v) is 6.29. The van der Waals surface area contributed by atoms with Crippen LogP contribution in [0.3, 0.4) is 0 Å². The average molecular weight is 641 g/mol. The third-order valence-electron chi connectivity index (χ3n) is 7.67. The highest BCUT2D eigenvalue weighted by molar-refractivity contribution is 7.07. The fraction of sp³-hybridized carbons (Fsp3) is 0.333. The van der Waals surface area contributed by atoms with Gasteiger partial charge in [0.25, 0.3) is 5.56 Å². The predicted molar refractivity (Wildman–Crippen MR) is 192 cm³/mol. The molecule has 0 saturated heterocycles. The molecule has 6 nitrogen and oxygen atoms in total. The molecule has 244 valence electrons. The van der Waals surface area contributed by atoms with E-state index in [1.54, 1.807) is 21.1 Å². The van der Waals surface area contributed by atoms with Crippen LogP contribution in [0.25, 0.3) is 17.5 Å². The largest absolute Gasteiger partial charge is 0.463 e. The molecule has 1 atom stereocenters. The number of thiazole rings is 1. The molecule has 2 N–H and O–H groups in total. The highest BCUT2D eigenvalue weighted by Crippen LogP contribution is 2.37. The van der Waals surface area contributed by atoms with Crippen LogP contribution in [0.1, 0.15) is 87.1 Å². The lowest BCUT2D eigenvalue weighted by Gasteiger charge is -2.26. The number of fused-ring (bicyclic) bond motifs is 1. The number of aromatic nitrogens is 1. The van der Waals surface area contributed by atoms with Gasteiger partial charge in [-0.1, -0.05) is 112 Å². The first-order valence-corrected chi connectivity index (χ1v) is 16.5. The molecule has 3 aromatic carbocycles. The molecular formula is C39H48N2O4S. The molecule has 0 amide bonds. The minimum Gasteiger partial charge on any atom is -0.463 e. The molecule has 7 heteroatoms. The number of hydrogen-bond acceptors (Lipinski definition) is 6. The lowest BCUT2D eigenvalue weighted by Crippen LogP contribution is -2.39. The van der Waals surface area contributed by atoms with Gasteiger partial charge in [0, 0.05) is 20.1 Å². The molecule has 46 heavy (non-hydrogen) atoms. The Morgan fingerprint density at radius 3 is 1.87 bits per heavy atom. The molecule has 0 bridgehead atoms. The molecule has 0 saturated carbocycles. The third kappa shape index (κ3) is 8.74. The summed E-state index contributed by atoms with van der Waals surface area (Å²) in [6.45, 7) is 14.6. The van der Waals surface area contributed by atoms with Gasteiger partial charge in [-0.15, -0.1) is 11.3 Å². The van der Waals surface area contributed by atoms with Crippen molar-refractivity contribution in [2.75, 3.05) is 20.8 Å². The van der Waals surface area contributed by atoms with Crippen molar-refractivity contribution in [3.8, 4) is 0 Å². The quantitative estimate of drug-likeness (QED) is 0.232. The Morgan fingerprint density at radius 2 is 1.41 bits per heavy atom. The highest BCUT2D eigenvalue weighted by Gasteiger charge is 2.34. The summed E-state index contributed by atoms with van der Waals surface area (Å²) in [6.07, 6.45) is 1.89. The van der Waals surface area contributed by atoms with Crippen molar-refractivity contribution < 1.29 is 14.3 Å². The maximum absolute atomic E-state index is 13.5. The molecule has 1 aliphatic heterocycles. The van der Waals surface area contributed by atoms with E-state index in [0.29, 0.717) is 21.9 Å². The maximum atomic E-state index is 13.5. The average Bonchev–Trinajstić information content (AvgIpc) is 3.36. The van der Waals surface area contributed by atoms with Crippen LogP contribution < -0.4 is 20.5 Å². The summed E-state index contributed by atoms with van der Waals surface area (Å²) in [6, 6.07) is 26.7. The van der Waals surface area contributed by atoms with Crippen LogP contribution in [0.4, 0.5) is 0 Å². The smallest absolute Gasteiger partial charge is 0.338 e. The monoisotopic (exact) mass is 640 g/mol. The zero-order valence-electron chi connectivity index (χ0n) is 28.6. The minimum absolute atomic E-state index is 0.142. The number of rotatable bonds is 6. The first kappa shape index (κ1) is 36.3. The minimum atomic E-state index is -0.495. The van der Waals surface area contributed by atoms with E-state index in [0.717, 1.165) is 21.4 Å². The van der Waals surface area contributed by atoms with E-state index < -0.39 is 5.97 Å². The second kappa shape index (κ2) is 16.9. The molecular weight excluding hydrogens is 593 g/mol. The van der Waals surface area contributed by atoms with Crippen molar-refractivity contribution >= 4 is 34.8 Å². The highest BCUT2D eigenvalue weighted by atomic mass is 32.1. The van der Waals surface area contributed by atoms with Crippen LogP contribution in [0.5, 0.6) is 0 Å². The summed E-state index contributed by atoms with van der Waals surface area (Å²) in [4.78, 5) is 26.6. The van der Waals surface area contributed by atoms with Crippen LogP contribution in [-0.2, 0) is 14.3 Å². The molecule has 0 spiro atoms. The zero-order chi connectivity index (χ0) is 34.0. The van der Waals surface area contributed by atoms with Crippen LogP contribution in [0.15, 0.2) is 89.2 Å². The molecule has 1 aromatic heterocycles. The lowest BCUT2D eigenvalue weighted by atomic mass is 9.83. The van der Waals surface area contributed by atoms with Gasteiger partial charge < -0.3 is 15.2 Å². The number of aryl methyl sites for hydroxylation is 1. The van der Waals surface area contributed by atoms with Crippen molar-refractivity contribution in [2.45, 2.75) is 66.2 Å². The first-order valence-electron chi connectivity index (χ1n) is 15.7. The number of nitrogens with zero attached hydrogens (tertiary/aromatic N) is 1. The van der Waals surface area contributed by atoms with Crippen LogP contribution >= 0.6 is 11.3 Å². The summed E-state index contributed by atoms with van der Waals surface area (Å²) < 4.78 is 12.4. The summed E-state index contributed by atoms with van der Waals surface area (Å²) in [7, 11) is 3.25. The molecule has 0 fully saturated rings. The van der Waals surface area contributed by atoms with Gasteiger partial charge in [0.2, 0.25) is 0 Å². The number of hydrogen-bond donors (Lipinski definition) is 1. The van der Waals surface area contributed by atoms with Gasteiger partial charge >= 0.3 is 5.97 Å². The standard InChI is InChI=1S/C30H34N2O3S.C7H8.C2H6O/c1-7-35-30(34)26-25(23-14-12-22(13-15-23)18(4)5)19(6)29-32(27(26)31)28(33)24(36-29)16-20-8-10-21(11-9-20)17(2)3;1-7-5-3-2-4-6-7;1-3-2/h8-18,25H,7,31H2,1-6H3;2-6H,1H3;1-2H3/b24-16-;;. The van der Waals surface area contributed by atoms with E-state index in [4.69, 9.17) is 10.5 Å². The number of nitrogens with two attached hydrogens (primary N) is 1. The topological polar surface area (TPSA) is 83.5 Å². The Kier molecular flexibility index (Phi) is 13.3. The molecule has 5 rings (SSSR count). The Morgan fingerprint density at radius 1 is 0.891 bits per heavy atom. The van der Waals surface area contributed by atoms with Crippen molar-refractivity contribution in [2.24, 2.45) is 5.73 Å². The molecule has 1 unspecified atom stereocenters. The Labute approximate surface area is 277 Å². The second-order valence-electron chi connectivity index (χ2n) is 11.9. The van der Waals surface area contributed by atoms with Gasteiger partial charge in [0.1, 0.15) is 10.5 Å². The summed E-state index contributed by atoms with van der Waals surface area (Å²) in [5, 5.41) is 0. The summed E-state index contributed by atoms with van der Waals surface area (Å²) in [5.74, 6) is 0.0971. The van der Waals surface area contributed by atoms with Crippen molar-refractivity contribution in [1.29, 1.82) is 0 Å². The van der Waals surface area contributed by atoms with E-state index in [1.165, 1.54) is 32.6 Å². The number of methoxy groups -OCH3 is 1. The molecule has 2 heterocycles. The van der Waals surface area contributed by atoms with Crippen molar-refractivity contribution in [3.05, 3.63) is 132 Å². The van der Waals surface area contributed by atoms with Crippen LogP contribution in [0, 0.1) is 6.92 Å².